The van der Waals surface area contributed by atoms with E-state index in [2.05, 4.69) is 32.7 Å². The molecule has 0 saturated heterocycles. The van der Waals surface area contributed by atoms with Gasteiger partial charge in [-0.3, -0.25) is 5.10 Å². The highest BCUT2D eigenvalue weighted by atomic mass is 32.1. The largest absolute Gasteiger partial charge is 0.385 e. The van der Waals surface area contributed by atoms with Crippen molar-refractivity contribution in [1.29, 1.82) is 0 Å². The summed E-state index contributed by atoms with van der Waals surface area (Å²) in [6.45, 7) is 3.84. The highest BCUT2D eigenvalue weighted by Gasteiger charge is 2.21. The van der Waals surface area contributed by atoms with Gasteiger partial charge < -0.3 is 10.1 Å². The zero-order valence-electron chi connectivity index (χ0n) is 12.5. The number of nitrogens with one attached hydrogen (secondary N) is 2. The second kappa shape index (κ2) is 4.69. The van der Waals surface area contributed by atoms with Gasteiger partial charge in [-0.05, 0) is 48.6 Å². The van der Waals surface area contributed by atoms with Crippen LogP contribution in [0.25, 0.3) is 32.5 Å². The molecule has 0 fully saturated rings. The fourth-order valence-corrected chi connectivity index (χ4v) is 3.58. The van der Waals surface area contributed by atoms with Crippen molar-refractivity contribution in [3.8, 4) is 11.4 Å². The molecule has 3 aromatic heterocycles. The first-order valence-electron chi connectivity index (χ1n) is 7.36. The molecule has 4 aromatic rings. The molecular formula is C17H17N3OS. The van der Waals surface area contributed by atoms with Crippen LogP contribution in [0.4, 0.5) is 0 Å². The maximum atomic E-state index is 10.4. The van der Waals surface area contributed by atoms with Gasteiger partial charge in [-0.2, -0.15) is 5.10 Å². The summed E-state index contributed by atoms with van der Waals surface area (Å²) in [4.78, 5) is 3.42. The summed E-state index contributed by atoms with van der Waals surface area (Å²) >= 11 is 1.68. The van der Waals surface area contributed by atoms with Crippen LogP contribution >= 0.6 is 11.3 Å². The third-order valence-corrected chi connectivity index (χ3v) is 5.28. The Kier molecular flexibility index (Phi) is 2.89. The molecule has 0 saturated carbocycles. The van der Waals surface area contributed by atoms with Crippen LogP contribution in [0.5, 0.6) is 0 Å². The van der Waals surface area contributed by atoms with Gasteiger partial charge in [0.05, 0.1) is 21.5 Å². The lowest BCUT2D eigenvalue weighted by molar-refractivity contribution is 0.0532. The molecular weight excluding hydrogens is 294 g/mol. The summed E-state index contributed by atoms with van der Waals surface area (Å²) in [7, 11) is 0. The van der Waals surface area contributed by atoms with E-state index in [-0.39, 0.29) is 0 Å². The third-order valence-electron chi connectivity index (χ3n) is 4.35. The number of rotatable bonds is 3. The van der Waals surface area contributed by atoms with Crippen molar-refractivity contribution in [2.45, 2.75) is 25.9 Å². The molecule has 0 spiro atoms. The first-order valence-corrected chi connectivity index (χ1v) is 8.24. The highest BCUT2D eigenvalue weighted by molar-refractivity contribution is 7.17. The van der Waals surface area contributed by atoms with Crippen LogP contribution in [0.3, 0.4) is 0 Å². The van der Waals surface area contributed by atoms with E-state index in [1.54, 1.807) is 11.3 Å². The van der Waals surface area contributed by atoms with Crippen LogP contribution in [0, 0.1) is 0 Å². The molecule has 5 heteroatoms. The Labute approximate surface area is 131 Å². The summed E-state index contributed by atoms with van der Waals surface area (Å²) in [5.74, 6) is 0. The monoisotopic (exact) mass is 311 g/mol. The number of fused-ring (bicyclic) bond motifs is 2. The van der Waals surface area contributed by atoms with E-state index in [1.165, 1.54) is 0 Å². The average molecular weight is 311 g/mol. The Morgan fingerprint density at radius 1 is 1.23 bits per heavy atom. The SMILES string of the molecule is CC[C@](C)(O)c1ccc2[nH]c(-c3n[nH]c4ccsc34)cc2c1. The quantitative estimate of drug-likeness (QED) is 0.525. The Bertz CT molecular complexity index is 961. The molecule has 0 aliphatic heterocycles. The van der Waals surface area contributed by atoms with Gasteiger partial charge >= 0.3 is 0 Å². The standard InChI is InChI=1S/C17H17N3OS/c1-3-17(2,21)11-4-5-12-10(8-11)9-14(18-12)15-16-13(19-20-15)6-7-22-16/h4-9,18,21H,3H2,1-2H3,(H,19,20)/t17-/m0/s1. The van der Waals surface area contributed by atoms with Crippen molar-refractivity contribution in [1.82, 2.24) is 15.2 Å². The van der Waals surface area contributed by atoms with Gasteiger partial charge in [0.2, 0.25) is 0 Å². The van der Waals surface area contributed by atoms with Crippen LogP contribution in [0.1, 0.15) is 25.8 Å². The van der Waals surface area contributed by atoms with Crippen molar-refractivity contribution < 1.29 is 5.11 Å². The number of aromatic amines is 2. The van der Waals surface area contributed by atoms with Crippen molar-refractivity contribution in [2.24, 2.45) is 0 Å². The zero-order chi connectivity index (χ0) is 15.3. The second-order valence-electron chi connectivity index (χ2n) is 5.85. The minimum absolute atomic E-state index is 0.685. The van der Waals surface area contributed by atoms with Gasteiger partial charge in [0.1, 0.15) is 5.69 Å². The smallest absolute Gasteiger partial charge is 0.126 e. The van der Waals surface area contributed by atoms with E-state index < -0.39 is 5.60 Å². The van der Waals surface area contributed by atoms with Crippen molar-refractivity contribution in [3.63, 3.8) is 0 Å². The fraction of sp³-hybridized carbons (Fsp3) is 0.235. The molecule has 1 atom stereocenters. The van der Waals surface area contributed by atoms with E-state index >= 15 is 0 Å². The number of hydrogen-bond donors (Lipinski definition) is 3. The lowest BCUT2D eigenvalue weighted by atomic mass is 9.92. The van der Waals surface area contributed by atoms with Gasteiger partial charge in [0.25, 0.3) is 0 Å². The maximum absolute atomic E-state index is 10.4. The number of H-pyrrole nitrogens is 2. The molecule has 0 aliphatic rings. The Morgan fingerprint density at radius 3 is 2.91 bits per heavy atom. The third kappa shape index (κ3) is 1.97. The molecule has 3 N–H and O–H groups in total. The molecule has 0 bridgehead atoms. The van der Waals surface area contributed by atoms with E-state index in [0.717, 1.165) is 38.1 Å². The Balaban J connectivity index is 1.86. The predicted octanol–water partition coefficient (Wildman–Crippen LogP) is 4.39. The molecule has 0 aliphatic carbocycles. The zero-order valence-corrected chi connectivity index (χ0v) is 13.3. The van der Waals surface area contributed by atoms with Crippen LogP contribution in [0.2, 0.25) is 0 Å². The van der Waals surface area contributed by atoms with Gasteiger partial charge in [-0.1, -0.05) is 13.0 Å². The van der Waals surface area contributed by atoms with Gasteiger partial charge in [-0.25, -0.2) is 0 Å². The minimum Gasteiger partial charge on any atom is -0.385 e. The average Bonchev–Trinajstić information content (AvgIpc) is 3.20. The Hall–Kier alpha value is -2.11. The maximum Gasteiger partial charge on any atom is 0.126 e. The van der Waals surface area contributed by atoms with Gasteiger partial charge in [0.15, 0.2) is 0 Å². The van der Waals surface area contributed by atoms with Crippen LogP contribution < -0.4 is 0 Å². The molecule has 112 valence electrons. The molecule has 0 amide bonds. The van der Waals surface area contributed by atoms with Crippen molar-refractivity contribution in [3.05, 3.63) is 41.3 Å². The number of thiophene rings is 1. The van der Waals surface area contributed by atoms with E-state index in [0.29, 0.717) is 6.42 Å². The molecule has 4 rings (SSSR count). The first-order chi connectivity index (χ1) is 10.6. The normalized spacial score (nSPS) is 14.7. The van der Waals surface area contributed by atoms with E-state index in [9.17, 15) is 5.11 Å². The van der Waals surface area contributed by atoms with Crippen LogP contribution in [-0.4, -0.2) is 20.3 Å². The van der Waals surface area contributed by atoms with Gasteiger partial charge in [0, 0.05) is 10.9 Å². The first kappa shape index (κ1) is 13.5. The summed E-state index contributed by atoms with van der Waals surface area (Å²) < 4.78 is 1.16. The lowest BCUT2D eigenvalue weighted by Crippen LogP contribution is -2.19. The number of hydrogen-bond acceptors (Lipinski definition) is 3. The van der Waals surface area contributed by atoms with Crippen molar-refractivity contribution >= 4 is 32.5 Å². The lowest BCUT2D eigenvalue weighted by Gasteiger charge is -2.21. The predicted molar refractivity (Wildman–Crippen MR) is 91.1 cm³/mol. The molecule has 22 heavy (non-hydrogen) atoms. The van der Waals surface area contributed by atoms with Crippen LogP contribution in [-0.2, 0) is 5.60 Å². The topological polar surface area (TPSA) is 64.7 Å². The molecule has 0 unspecified atom stereocenters. The minimum atomic E-state index is -0.793. The second-order valence-corrected chi connectivity index (χ2v) is 6.76. The summed E-state index contributed by atoms with van der Waals surface area (Å²) in [6.07, 6.45) is 0.685. The molecule has 3 heterocycles. The molecule has 1 aromatic carbocycles. The number of nitrogens with zero attached hydrogens (tertiary/aromatic N) is 1. The van der Waals surface area contributed by atoms with E-state index in [4.69, 9.17) is 0 Å². The summed E-state index contributed by atoms with van der Waals surface area (Å²) in [5, 5.41) is 21.1. The van der Waals surface area contributed by atoms with Crippen molar-refractivity contribution in [2.75, 3.05) is 0 Å². The fourth-order valence-electron chi connectivity index (χ4n) is 2.73. The number of benzene rings is 1. The van der Waals surface area contributed by atoms with E-state index in [1.807, 2.05) is 32.0 Å². The molecule has 4 nitrogen and oxygen atoms in total. The van der Waals surface area contributed by atoms with Gasteiger partial charge in [-0.15, -0.1) is 11.3 Å². The molecule has 0 radical (unpaired) electrons. The van der Waals surface area contributed by atoms with Crippen LogP contribution in [0.15, 0.2) is 35.7 Å². The summed E-state index contributed by atoms with van der Waals surface area (Å²) in [5.41, 5.74) is 4.21. The highest BCUT2D eigenvalue weighted by Crippen LogP contribution is 2.33. The Morgan fingerprint density at radius 2 is 2.09 bits per heavy atom. The summed E-state index contributed by atoms with van der Waals surface area (Å²) in [6, 6.07) is 10.2. The number of aliphatic hydroxyl groups is 1. The number of aromatic nitrogens is 3.